The topological polar surface area (TPSA) is 93.7 Å². The van der Waals surface area contributed by atoms with Crippen molar-refractivity contribution >= 4 is 23.5 Å². The molecular weight excluding hydrogens is 348 g/mol. The van der Waals surface area contributed by atoms with Gasteiger partial charge in [0.2, 0.25) is 0 Å². The number of benzene rings is 1. The maximum atomic E-state index is 12.0. The molecule has 0 saturated heterocycles. The second-order valence-electron chi connectivity index (χ2n) is 6.68. The molecule has 0 bridgehead atoms. The van der Waals surface area contributed by atoms with Gasteiger partial charge in [0.05, 0.1) is 12.1 Å². The molecule has 2 rings (SSSR count). The van der Waals surface area contributed by atoms with Gasteiger partial charge in [-0.2, -0.15) is 0 Å². The number of amides is 2. The Morgan fingerprint density at radius 3 is 2.81 bits per heavy atom. The van der Waals surface area contributed by atoms with Gasteiger partial charge in [-0.25, -0.2) is 0 Å². The van der Waals surface area contributed by atoms with Crippen LogP contribution in [-0.4, -0.2) is 37.0 Å². The molecule has 0 radical (unpaired) electrons. The van der Waals surface area contributed by atoms with Crippen LogP contribution < -0.4 is 15.4 Å². The molecule has 1 aromatic carbocycles. The van der Waals surface area contributed by atoms with Crippen LogP contribution in [-0.2, 0) is 19.1 Å². The molecule has 0 aromatic heterocycles. The Labute approximate surface area is 159 Å². The van der Waals surface area contributed by atoms with Crippen LogP contribution in [0, 0.1) is 5.92 Å². The van der Waals surface area contributed by atoms with Crippen molar-refractivity contribution in [2.24, 2.45) is 5.92 Å². The zero-order valence-electron chi connectivity index (χ0n) is 16.0. The number of hydrogen-bond acceptors (Lipinski definition) is 5. The van der Waals surface area contributed by atoms with Gasteiger partial charge in [0.15, 0.2) is 12.7 Å². The number of hydrogen-bond donors (Lipinski definition) is 2. The predicted octanol–water partition coefficient (Wildman–Crippen LogP) is 2.65. The first kappa shape index (κ1) is 20.7. The summed E-state index contributed by atoms with van der Waals surface area (Å²) in [6, 6.07) is 6.99. The fraction of sp³-hybridized carbons (Fsp3) is 0.550. The van der Waals surface area contributed by atoms with Crippen LogP contribution in [0.3, 0.4) is 0 Å². The summed E-state index contributed by atoms with van der Waals surface area (Å²) in [6.07, 6.45) is 3.12. The fourth-order valence-electron chi connectivity index (χ4n) is 2.84. The fourth-order valence-corrected chi connectivity index (χ4v) is 2.84. The summed E-state index contributed by atoms with van der Waals surface area (Å²) in [5, 5.41) is 5.48. The van der Waals surface area contributed by atoms with Crippen molar-refractivity contribution in [1.82, 2.24) is 5.32 Å². The molecule has 148 valence electrons. The number of esters is 1. The lowest BCUT2D eigenvalue weighted by molar-refractivity contribution is -0.151. The van der Waals surface area contributed by atoms with Crippen molar-refractivity contribution in [1.29, 1.82) is 0 Å². The van der Waals surface area contributed by atoms with Crippen LogP contribution in [0.15, 0.2) is 24.3 Å². The Balaban J connectivity index is 1.71. The maximum absolute atomic E-state index is 12.0. The van der Waals surface area contributed by atoms with Crippen molar-refractivity contribution in [2.45, 2.75) is 52.1 Å². The molecule has 0 unspecified atom stereocenters. The molecule has 1 aliphatic rings. The highest BCUT2D eigenvalue weighted by Gasteiger charge is 2.30. The van der Waals surface area contributed by atoms with Crippen molar-refractivity contribution < 1.29 is 23.9 Å². The van der Waals surface area contributed by atoms with E-state index in [4.69, 9.17) is 9.47 Å². The molecule has 0 spiro atoms. The summed E-state index contributed by atoms with van der Waals surface area (Å²) in [4.78, 5) is 35.8. The predicted molar refractivity (Wildman–Crippen MR) is 101 cm³/mol. The molecule has 0 aliphatic carbocycles. The van der Waals surface area contributed by atoms with E-state index in [1.165, 1.54) is 0 Å². The number of para-hydroxylation sites is 2. The summed E-state index contributed by atoms with van der Waals surface area (Å²) in [5.74, 6) is -0.452. The molecule has 2 amide bonds. The third-order valence-corrected chi connectivity index (χ3v) is 4.55. The summed E-state index contributed by atoms with van der Waals surface area (Å²) in [7, 11) is 0. The van der Waals surface area contributed by atoms with Gasteiger partial charge in [-0.05, 0) is 24.5 Å². The van der Waals surface area contributed by atoms with Crippen LogP contribution in [0.4, 0.5) is 5.69 Å². The minimum Gasteiger partial charge on any atom is -0.478 e. The van der Waals surface area contributed by atoms with E-state index in [1.54, 1.807) is 24.3 Å². The lowest BCUT2D eigenvalue weighted by Gasteiger charge is -2.25. The van der Waals surface area contributed by atoms with E-state index in [-0.39, 0.29) is 18.9 Å². The molecule has 27 heavy (non-hydrogen) atoms. The largest absolute Gasteiger partial charge is 0.478 e. The lowest BCUT2D eigenvalue weighted by atomic mass is 9.99. The van der Waals surface area contributed by atoms with Gasteiger partial charge in [-0.3, -0.25) is 14.4 Å². The lowest BCUT2D eigenvalue weighted by Crippen LogP contribution is -2.39. The Morgan fingerprint density at radius 1 is 1.30 bits per heavy atom. The van der Waals surface area contributed by atoms with Gasteiger partial charge in [0.1, 0.15) is 5.75 Å². The third kappa shape index (κ3) is 6.58. The Morgan fingerprint density at radius 2 is 2.07 bits per heavy atom. The Bertz CT molecular complexity index is 662. The number of ether oxygens (including phenoxy) is 2. The second kappa shape index (κ2) is 10.5. The first-order valence-electron chi connectivity index (χ1n) is 9.52. The van der Waals surface area contributed by atoms with E-state index in [0.29, 0.717) is 23.9 Å². The van der Waals surface area contributed by atoms with Gasteiger partial charge in [-0.1, -0.05) is 45.2 Å². The van der Waals surface area contributed by atoms with Crippen LogP contribution in [0.25, 0.3) is 0 Å². The number of carbonyl (C=O) groups excluding carboxylic acids is 3. The van der Waals surface area contributed by atoms with Crippen molar-refractivity contribution in [3.8, 4) is 5.75 Å². The number of rotatable bonds is 10. The summed E-state index contributed by atoms with van der Waals surface area (Å²) in [6.45, 7) is 4.46. The van der Waals surface area contributed by atoms with E-state index in [2.05, 4.69) is 24.5 Å². The zero-order valence-corrected chi connectivity index (χ0v) is 16.0. The summed E-state index contributed by atoms with van der Waals surface area (Å²) >= 11 is 0. The number of fused-ring (bicyclic) bond motifs is 1. The highest BCUT2D eigenvalue weighted by atomic mass is 16.5. The molecule has 7 heteroatoms. The average Bonchev–Trinajstić information content (AvgIpc) is 2.67. The molecule has 1 heterocycles. The molecule has 2 atom stereocenters. The zero-order chi connectivity index (χ0) is 19.6. The van der Waals surface area contributed by atoms with E-state index in [0.717, 1.165) is 25.7 Å². The number of nitrogens with one attached hydrogen (secondary N) is 2. The third-order valence-electron chi connectivity index (χ3n) is 4.55. The molecule has 2 N–H and O–H groups in total. The minimum atomic E-state index is -0.964. The maximum Gasteiger partial charge on any atom is 0.310 e. The van der Waals surface area contributed by atoms with Crippen molar-refractivity contribution in [3.63, 3.8) is 0 Å². The SMILES string of the molecule is CCCC[C@H](CC)CNC(=O)COC(=O)C[C@H]1Oc2ccccc2NC1=O. The van der Waals surface area contributed by atoms with Crippen LogP contribution in [0.5, 0.6) is 5.75 Å². The molecule has 1 aliphatic heterocycles. The van der Waals surface area contributed by atoms with Gasteiger partial charge >= 0.3 is 5.97 Å². The number of carbonyl (C=O) groups is 3. The highest BCUT2D eigenvalue weighted by molar-refractivity contribution is 5.99. The number of anilines is 1. The van der Waals surface area contributed by atoms with Gasteiger partial charge in [0, 0.05) is 6.54 Å². The first-order valence-corrected chi connectivity index (χ1v) is 9.52. The number of unbranched alkanes of at least 4 members (excludes halogenated alkanes) is 1. The first-order chi connectivity index (χ1) is 13.0. The normalized spacial score (nSPS) is 16.5. The quantitative estimate of drug-likeness (QED) is 0.612. The Hall–Kier alpha value is -2.57. The van der Waals surface area contributed by atoms with Gasteiger partial charge < -0.3 is 20.1 Å². The van der Waals surface area contributed by atoms with Gasteiger partial charge in [-0.15, -0.1) is 0 Å². The van der Waals surface area contributed by atoms with E-state index in [9.17, 15) is 14.4 Å². The minimum absolute atomic E-state index is 0.248. The molecule has 0 saturated carbocycles. The molecule has 1 aromatic rings. The standard InChI is InChI=1S/C20H28N2O5/c1-3-5-8-14(4-2)12-21-18(23)13-26-19(24)11-17-20(25)22-15-9-6-7-10-16(15)27-17/h6-7,9-10,14,17H,3-5,8,11-13H2,1-2H3,(H,21,23)(H,22,25)/t14-,17+/m0/s1. The van der Waals surface area contributed by atoms with Crippen molar-refractivity contribution in [3.05, 3.63) is 24.3 Å². The molecule has 0 fully saturated rings. The smallest absolute Gasteiger partial charge is 0.310 e. The van der Waals surface area contributed by atoms with E-state index < -0.39 is 18.0 Å². The van der Waals surface area contributed by atoms with Crippen LogP contribution in [0.2, 0.25) is 0 Å². The summed E-state index contributed by atoms with van der Waals surface area (Å²) in [5.41, 5.74) is 0.569. The molecular formula is C20H28N2O5. The van der Waals surface area contributed by atoms with Crippen molar-refractivity contribution in [2.75, 3.05) is 18.5 Å². The van der Waals surface area contributed by atoms with Gasteiger partial charge in [0.25, 0.3) is 11.8 Å². The average molecular weight is 376 g/mol. The van der Waals surface area contributed by atoms with E-state index >= 15 is 0 Å². The highest BCUT2D eigenvalue weighted by Crippen LogP contribution is 2.29. The second-order valence-corrected chi connectivity index (χ2v) is 6.68. The van der Waals surface area contributed by atoms with E-state index in [1.807, 2.05) is 0 Å². The van der Waals surface area contributed by atoms with Crippen LogP contribution in [0.1, 0.15) is 46.0 Å². The monoisotopic (exact) mass is 376 g/mol. The van der Waals surface area contributed by atoms with Crippen LogP contribution >= 0.6 is 0 Å². The summed E-state index contributed by atoms with van der Waals surface area (Å²) < 4.78 is 10.5. The molecule has 7 nitrogen and oxygen atoms in total. The Kier molecular flexibility index (Phi) is 8.10.